The van der Waals surface area contributed by atoms with Crippen molar-refractivity contribution in [3.05, 3.63) is 39.9 Å². The topological polar surface area (TPSA) is 89.5 Å². The van der Waals surface area contributed by atoms with Crippen molar-refractivity contribution in [1.29, 1.82) is 0 Å². The summed E-state index contributed by atoms with van der Waals surface area (Å²) in [4.78, 5) is 24.1. The molecule has 0 spiro atoms. The number of carbonyl (C=O) groups is 1. The van der Waals surface area contributed by atoms with Crippen LogP contribution >= 0.6 is 0 Å². The largest absolute Gasteiger partial charge is 0.369 e. The van der Waals surface area contributed by atoms with E-state index in [2.05, 4.69) is 11.8 Å². The Bertz CT molecular complexity index is 518. The van der Waals surface area contributed by atoms with Crippen molar-refractivity contribution < 1.29 is 9.72 Å². The number of nitro benzene ring substituents is 1. The summed E-state index contributed by atoms with van der Waals surface area (Å²) in [6.45, 7) is 3.12. The predicted molar refractivity (Wildman–Crippen MR) is 74.9 cm³/mol. The molecule has 0 unspecified atom stereocenters. The van der Waals surface area contributed by atoms with Crippen LogP contribution in [0.5, 0.6) is 0 Å². The van der Waals surface area contributed by atoms with Crippen LogP contribution in [0.4, 0.5) is 5.69 Å². The lowest BCUT2D eigenvalue weighted by Crippen LogP contribution is -2.45. The van der Waals surface area contributed by atoms with E-state index in [9.17, 15) is 14.9 Å². The summed E-state index contributed by atoms with van der Waals surface area (Å²) >= 11 is 0. The van der Waals surface area contributed by atoms with Gasteiger partial charge in [0.1, 0.15) is 0 Å². The SMILES string of the molecule is C[C@@H]1CC[C@H](C(N)=O)CN1Cc1ccccc1[N+](=O)[O-]. The Balaban J connectivity index is 2.16. The second-order valence-corrected chi connectivity index (χ2v) is 5.34. The van der Waals surface area contributed by atoms with Gasteiger partial charge in [-0.25, -0.2) is 0 Å². The summed E-state index contributed by atoms with van der Waals surface area (Å²) in [6.07, 6.45) is 1.68. The first-order chi connectivity index (χ1) is 9.49. The van der Waals surface area contributed by atoms with Crippen LogP contribution < -0.4 is 5.73 Å². The molecule has 20 heavy (non-hydrogen) atoms. The maximum Gasteiger partial charge on any atom is 0.273 e. The van der Waals surface area contributed by atoms with Gasteiger partial charge in [-0.3, -0.25) is 19.8 Å². The zero-order valence-electron chi connectivity index (χ0n) is 11.5. The molecule has 6 nitrogen and oxygen atoms in total. The molecule has 1 saturated heterocycles. The highest BCUT2D eigenvalue weighted by atomic mass is 16.6. The lowest BCUT2D eigenvalue weighted by atomic mass is 9.92. The minimum absolute atomic E-state index is 0.126. The van der Waals surface area contributed by atoms with E-state index in [0.717, 1.165) is 12.8 Å². The van der Waals surface area contributed by atoms with Crippen LogP contribution in [0.2, 0.25) is 0 Å². The van der Waals surface area contributed by atoms with E-state index < -0.39 is 0 Å². The third-order valence-corrected chi connectivity index (χ3v) is 3.98. The molecule has 0 saturated carbocycles. The second kappa shape index (κ2) is 6.00. The molecule has 0 aromatic heterocycles. The van der Waals surface area contributed by atoms with Crippen LogP contribution in [0.25, 0.3) is 0 Å². The molecule has 108 valence electrons. The van der Waals surface area contributed by atoms with E-state index in [-0.39, 0.29) is 22.4 Å². The van der Waals surface area contributed by atoms with E-state index in [0.29, 0.717) is 24.7 Å². The van der Waals surface area contributed by atoms with Gasteiger partial charge in [-0.1, -0.05) is 18.2 Å². The van der Waals surface area contributed by atoms with Gasteiger partial charge < -0.3 is 5.73 Å². The first-order valence-electron chi connectivity index (χ1n) is 6.74. The van der Waals surface area contributed by atoms with E-state index in [1.54, 1.807) is 18.2 Å². The Morgan fingerprint density at radius 2 is 2.15 bits per heavy atom. The van der Waals surface area contributed by atoms with Gasteiger partial charge in [-0.15, -0.1) is 0 Å². The number of carbonyl (C=O) groups excluding carboxylic acids is 1. The summed E-state index contributed by atoms with van der Waals surface area (Å²) < 4.78 is 0. The first kappa shape index (κ1) is 14.5. The maximum atomic E-state index is 11.3. The number of nitro groups is 1. The van der Waals surface area contributed by atoms with Gasteiger partial charge in [-0.05, 0) is 19.8 Å². The molecular formula is C14H19N3O3. The zero-order chi connectivity index (χ0) is 14.7. The van der Waals surface area contributed by atoms with Crippen LogP contribution in [-0.2, 0) is 11.3 Å². The minimum Gasteiger partial charge on any atom is -0.369 e. The number of piperidine rings is 1. The molecule has 0 radical (unpaired) electrons. The molecule has 1 aromatic rings. The quantitative estimate of drug-likeness (QED) is 0.669. The van der Waals surface area contributed by atoms with Crippen LogP contribution in [0.3, 0.4) is 0 Å². The van der Waals surface area contributed by atoms with Gasteiger partial charge in [0.25, 0.3) is 5.69 Å². The van der Waals surface area contributed by atoms with Crippen molar-refractivity contribution in [2.45, 2.75) is 32.4 Å². The van der Waals surface area contributed by atoms with Gasteiger partial charge >= 0.3 is 0 Å². The summed E-state index contributed by atoms with van der Waals surface area (Å²) in [5.74, 6) is -0.446. The Kier molecular flexibility index (Phi) is 4.34. The third-order valence-electron chi connectivity index (χ3n) is 3.98. The molecule has 0 bridgehead atoms. The number of nitrogens with two attached hydrogens (primary N) is 1. The van der Waals surface area contributed by atoms with Gasteiger partial charge in [0, 0.05) is 30.8 Å². The fraction of sp³-hybridized carbons (Fsp3) is 0.500. The molecule has 1 amide bonds. The van der Waals surface area contributed by atoms with Crippen LogP contribution in [0, 0.1) is 16.0 Å². The van der Waals surface area contributed by atoms with Crippen molar-refractivity contribution >= 4 is 11.6 Å². The number of para-hydroxylation sites is 1. The number of amides is 1. The first-order valence-corrected chi connectivity index (χ1v) is 6.74. The number of hydrogen-bond acceptors (Lipinski definition) is 4. The van der Waals surface area contributed by atoms with Gasteiger partial charge in [0.15, 0.2) is 0 Å². The summed E-state index contributed by atoms with van der Waals surface area (Å²) in [5.41, 5.74) is 6.17. The monoisotopic (exact) mass is 277 g/mol. The summed E-state index contributed by atoms with van der Waals surface area (Å²) in [5, 5.41) is 11.0. The number of hydrogen-bond donors (Lipinski definition) is 1. The number of primary amides is 1. The van der Waals surface area contributed by atoms with Crippen molar-refractivity contribution in [1.82, 2.24) is 4.90 Å². The van der Waals surface area contributed by atoms with Crippen LogP contribution in [0.1, 0.15) is 25.3 Å². The molecule has 6 heteroatoms. The van der Waals surface area contributed by atoms with Gasteiger partial charge in [-0.2, -0.15) is 0 Å². The van der Waals surface area contributed by atoms with Crippen molar-refractivity contribution in [2.24, 2.45) is 11.7 Å². The van der Waals surface area contributed by atoms with E-state index in [4.69, 9.17) is 5.73 Å². The van der Waals surface area contributed by atoms with Gasteiger partial charge in [0.2, 0.25) is 5.91 Å². The number of rotatable bonds is 4. The van der Waals surface area contributed by atoms with Crippen molar-refractivity contribution in [3.8, 4) is 0 Å². The van der Waals surface area contributed by atoms with E-state index in [1.165, 1.54) is 6.07 Å². The molecule has 2 atom stereocenters. The molecule has 1 aliphatic rings. The maximum absolute atomic E-state index is 11.3. The van der Waals surface area contributed by atoms with Crippen LogP contribution in [0.15, 0.2) is 24.3 Å². The Morgan fingerprint density at radius 3 is 2.80 bits per heavy atom. The molecular weight excluding hydrogens is 258 g/mol. The Labute approximate surface area is 117 Å². The summed E-state index contributed by atoms with van der Waals surface area (Å²) in [6, 6.07) is 7.02. The molecule has 1 fully saturated rings. The Hall–Kier alpha value is -1.95. The van der Waals surface area contributed by atoms with Crippen LogP contribution in [-0.4, -0.2) is 28.3 Å². The molecule has 0 aliphatic carbocycles. The molecule has 2 N–H and O–H groups in total. The fourth-order valence-electron chi connectivity index (χ4n) is 2.67. The number of nitrogens with zero attached hydrogens (tertiary/aromatic N) is 2. The molecule has 1 aliphatic heterocycles. The minimum atomic E-state index is -0.366. The van der Waals surface area contributed by atoms with Gasteiger partial charge in [0.05, 0.1) is 10.8 Å². The summed E-state index contributed by atoms with van der Waals surface area (Å²) in [7, 11) is 0. The standard InChI is InChI=1S/C14H19N3O3/c1-10-6-7-12(14(15)18)9-16(10)8-11-4-2-3-5-13(11)17(19)20/h2-5,10,12H,6-9H2,1H3,(H2,15,18)/t10-,12+/m1/s1. The third kappa shape index (κ3) is 3.14. The highest BCUT2D eigenvalue weighted by molar-refractivity contribution is 5.77. The predicted octanol–water partition coefficient (Wildman–Crippen LogP) is 1.68. The molecule has 2 rings (SSSR count). The van der Waals surface area contributed by atoms with E-state index in [1.807, 2.05) is 0 Å². The highest BCUT2D eigenvalue weighted by Crippen LogP contribution is 2.26. The Morgan fingerprint density at radius 1 is 1.45 bits per heavy atom. The van der Waals surface area contributed by atoms with E-state index >= 15 is 0 Å². The molecule has 1 heterocycles. The average Bonchev–Trinajstić information content (AvgIpc) is 2.41. The fourth-order valence-corrected chi connectivity index (χ4v) is 2.67. The zero-order valence-corrected chi connectivity index (χ0v) is 11.5. The van der Waals surface area contributed by atoms with Crippen molar-refractivity contribution in [3.63, 3.8) is 0 Å². The normalized spacial score (nSPS) is 23.4. The smallest absolute Gasteiger partial charge is 0.273 e. The highest BCUT2D eigenvalue weighted by Gasteiger charge is 2.29. The molecule has 1 aromatic carbocycles. The second-order valence-electron chi connectivity index (χ2n) is 5.34. The lowest BCUT2D eigenvalue weighted by molar-refractivity contribution is -0.385. The van der Waals surface area contributed by atoms with Crippen molar-refractivity contribution in [2.75, 3.05) is 6.54 Å². The lowest BCUT2D eigenvalue weighted by Gasteiger charge is -2.36. The number of likely N-dealkylation sites (tertiary alicyclic amines) is 1. The number of benzene rings is 1. The average molecular weight is 277 g/mol.